The Morgan fingerprint density at radius 3 is 2.47 bits per heavy atom. The van der Waals surface area contributed by atoms with Crippen LogP contribution in [0.15, 0.2) is 0 Å². The molecule has 0 spiro atoms. The zero-order valence-electron chi connectivity index (χ0n) is 9.69. The fraction of sp³-hybridized carbons (Fsp3) is 0.667. The highest BCUT2D eigenvalue weighted by atomic mass is 16.4. The number of carbonyl (C=O) groups is 2. The van der Waals surface area contributed by atoms with Gasteiger partial charge in [-0.25, -0.2) is 0 Å². The molecule has 0 fully saturated rings. The average molecular weight is 245 g/mol. The van der Waals surface area contributed by atoms with E-state index in [9.17, 15) is 9.59 Å². The third kappa shape index (κ3) is 7.25. The molecule has 0 saturated carbocycles. The summed E-state index contributed by atoms with van der Waals surface area (Å²) in [6.07, 6.45) is 0.792. The van der Waals surface area contributed by atoms with Gasteiger partial charge < -0.3 is 21.9 Å². The predicted molar refractivity (Wildman–Crippen MR) is 62.4 cm³/mol. The van der Waals surface area contributed by atoms with Gasteiger partial charge in [0.2, 0.25) is 5.91 Å². The molecule has 0 saturated heterocycles. The molecule has 8 nitrogen and oxygen atoms in total. The highest BCUT2D eigenvalue weighted by Crippen LogP contribution is 1.92. The molecule has 0 aliphatic carbocycles. The SMILES string of the molecule is CC(N)C(=O)NC(=N)NCCCC(N)C(=O)O. The Kier molecular flexibility index (Phi) is 6.83. The van der Waals surface area contributed by atoms with Crippen LogP contribution in [-0.4, -0.2) is 41.6 Å². The van der Waals surface area contributed by atoms with Crippen LogP contribution in [0.1, 0.15) is 19.8 Å². The third-order valence-electron chi connectivity index (χ3n) is 1.97. The van der Waals surface area contributed by atoms with Gasteiger partial charge in [0.1, 0.15) is 6.04 Å². The van der Waals surface area contributed by atoms with Gasteiger partial charge in [-0.15, -0.1) is 0 Å². The average Bonchev–Trinajstić information content (AvgIpc) is 2.23. The van der Waals surface area contributed by atoms with Crippen LogP contribution in [0.3, 0.4) is 0 Å². The minimum Gasteiger partial charge on any atom is -0.480 e. The number of rotatable bonds is 6. The number of carboxylic acid groups (broad SMARTS) is 1. The number of carboxylic acids is 1. The first kappa shape index (κ1) is 15.3. The van der Waals surface area contributed by atoms with Gasteiger partial charge in [0.15, 0.2) is 5.96 Å². The van der Waals surface area contributed by atoms with E-state index in [0.29, 0.717) is 19.4 Å². The zero-order chi connectivity index (χ0) is 13.4. The summed E-state index contributed by atoms with van der Waals surface area (Å²) in [4.78, 5) is 21.5. The van der Waals surface area contributed by atoms with Gasteiger partial charge in [-0.2, -0.15) is 0 Å². The summed E-state index contributed by atoms with van der Waals surface area (Å²) < 4.78 is 0. The minimum absolute atomic E-state index is 0.156. The monoisotopic (exact) mass is 245 g/mol. The van der Waals surface area contributed by atoms with Crippen molar-refractivity contribution in [1.82, 2.24) is 10.6 Å². The van der Waals surface area contributed by atoms with E-state index < -0.39 is 24.0 Å². The lowest BCUT2D eigenvalue weighted by atomic mass is 10.2. The van der Waals surface area contributed by atoms with Gasteiger partial charge in [0, 0.05) is 6.54 Å². The van der Waals surface area contributed by atoms with Crippen LogP contribution in [0.2, 0.25) is 0 Å². The van der Waals surface area contributed by atoms with Crippen LogP contribution in [0.25, 0.3) is 0 Å². The Hall–Kier alpha value is -1.67. The maximum Gasteiger partial charge on any atom is 0.320 e. The minimum atomic E-state index is -1.05. The van der Waals surface area contributed by atoms with Gasteiger partial charge in [-0.3, -0.25) is 20.3 Å². The van der Waals surface area contributed by atoms with E-state index >= 15 is 0 Å². The van der Waals surface area contributed by atoms with Crippen molar-refractivity contribution in [2.45, 2.75) is 31.8 Å². The lowest BCUT2D eigenvalue weighted by Crippen LogP contribution is -2.47. The molecule has 0 aromatic carbocycles. The van der Waals surface area contributed by atoms with Crippen LogP contribution in [0.4, 0.5) is 0 Å². The first-order chi connectivity index (χ1) is 7.84. The summed E-state index contributed by atoms with van der Waals surface area (Å²) in [5.41, 5.74) is 10.6. The van der Waals surface area contributed by atoms with E-state index in [4.69, 9.17) is 22.0 Å². The van der Waals surface area contributed by atoms with E-state index in [1.807, 2.05) is 0 Å². The highest BCUT2D eigenvalue weighted by molar-refractivity contribution is 5.97. The molecule has 8 heteroatoms. The fourth-order valence-electron chi connectivity index (χ4n) is 0.940. The molecule has 1 amide bonds. The van der Waals surface area contributed by atoms with Gasteiger partial charge >= 0.3 is 5.97 Å². The van der Waals surface area contributed by atoms with Crippen molar-refractivity contribution in [3.8, 4) is 0 Å². The molecule has 0 radical (unpaired) electrons. The standard InChI is InChI=1S/C9H19N5O3/c1-5(10)7(15)14-9(12)13-4-2-3-6(11)8(16)17/h5-6H,2-4,10-11H2,1H3,(H,16,17)(H3,12,13,14,15). The van der Waals surface area contributed by atoms with Crippen LogP contribution < -0.4 is 22.1 Å². The van der Waals surface area contributed by atoms with Crippen molar-refractivity contribution in [2.75, 3.05) is 6.54 Å². The predicted octanol–water partition coefficient (Wildman–Crippen LogP) is -1.83. The summed E-state index contributed by atoms with van der Waals surface area (Å²) in [5, 5.41) is 20.7. The van der Waals surface area contributed by atoms with E-state index in [2.05, 4.69) is 10.6 Å². The van der Waals surface area contributed by atoms with E-state index in [-0.39, 0.29) is 5.96 Å². The lowest BCUT2D eigenvalue weighted by Gasteiger charge is -2.11. The zero-order valence-corrected chi connectivity index (χ0v) is 9.69. The number of hydrogen-bond acceptors (Lipinski definition) is 5. The second-order valence-corrected chi connectivity index (χ2v) is 3.67. The molecule has 8 N–H and O–H groups in total. The quantitative estimate of drug-likeness (QED) is 0.184. The molecule has 2 unspecified atom stereocenters. The number of guanidine groups is 1. The molecule has 0 aliphatic heterocycles. The molecular weight excluding hydrogens is 226 g/mol. The number of amides is 1. The first-order valence-corrected chi connectivity index (χ1v) is 5.22. The summed E-state index contributed by atoms with van der Waals surface area (Å²) in [7, 11) is 0. The van der Waals surface area contributed by atoms with Crippen molar-refractivity contribution in [3.05, 3.63) is 0 Å². The van der Waals surface area contributed by atoms with Crippen LogP contribution >= 0.6 is 0 Å². The molecule has 2 atom stereocenters. The molecule has 17 heavy (non-hydrogen) atoms. The summed E-state index contributed by atoms with van der Waals surface area (Å²) in [5.74, 6) is -1.66. The Morgan fingerprint density at radius 2 is 2.00 bits per heavy atom. The Morgan fingerprint density at radius 1 is 1.41 bits per heavy atom. The second-order valence-electron chi connectivity index (χ2n) is 3.67. The molecule has 0 heterocycles. The van der Waals surface area contributed by atoms with Gasteiger partial charge in [0.05, 0.1) is 6.04 Å². The largest absolute Gasteiger partial charge is 0.480 e. The lowest BCUT2D eigenvalue weighted by molar-refractivity contribution is -0.138. The first-order valence-electron chi connectivity index (χ1n) is 5.22. The Balaban J connectivity index is 3.65. The summed E-state index contributed by atoms with van der Waals surface area (Å²) in [6.45, 7) is 1.87. The number of nitrogens with two attached hydrogens (primary N) is 2. The Labute approximate surface area is 99.2 Å². The molecular formula is C9H19N5O3. The topological polar surface area (TPSA) is 154 Å². The maximum absolute atomic E-state index is 11.1. The van der Waals surface area contributed by atoms with Gasteiger partial charge in [-0.05, 0) is 19.8 Å². The smallest absolute Gasteiger partial charge is 0.320 e. The van der Waals surface area contributed by atoms with Crippen molar-refractivity contribution < 1.29 is 14.7 Å². The molecule has 0 aliphatic rings. The van der Waals surface area contributed by atoms with E-state index in [0.717, 1.165) is 0 Å². The normalized spacial score (nSPS) is 13.6. The molecule has 0 bridgehead atoms. The van der Waals surface area contributed by atoms with Crippen molar-refractivity contribution in [1.29, 1.82) is 5.41 Å². The second kappa shape index (κ2) is 7.58. The molecule has 98 valence electrons. The molecule has 0 rings (SSSR count). The fourth-order valence-corrected chi connectivity index (χ4v) is 0.940. The number of nitrogens with one attached hydrogen (secondary N) is 3. The van der Waals surface area contributed by atoms with E-state index in [1.54, 1.807) is 0 Å². The Bertz CT molecular complexity index is 292. The van der Waals surface area contributed by atoms with E-state index in [1.165, 1.54) is 6.92 Å². The van der Waals surface area contributed by atoms with Crippen molar-refractivity contribution in [3.63, 3.8) is 0 Å². The molecule has 0 aromatic rings. The summed E-state index contributed by atoms with van der Waals surface area (Å²) in [6, 6.07) is -1.58. The van der Waals surface area contributed by atoms with Gasteiger partial charge in [-0.1, -0.05) is 0 Å². The highest BCUT2D eigenvalue weighted by Gasteiger charge is 2.11. The number of aliphatic carboxylic acids is 1. The van der Waals surface area contributed by atoms with Crippen molar-refractivity contribution in [2.24, 2.45) is 11.5 Å². The third-order valence-corrected chi connectivity index (χ3v) is 1.97. The maximum atomic E-state index is 11.1. The number of hydrogen-bond donors (Lipinski definition) is 6. The van der Waals surface area contributed by atoms with Crippen LogP contribution in [0.5, 0.6) is 0 Å². The van der Waals surface area contributed by atoms with Crippen LogP contribution in [0, 0.1) is 5.41 Å². The number of carbonyl (C=O) groups excluding carboxylic acids is 1. The van der Waals surface area contributed by atoms with Crippen LogP contribution in [-0.2, 0) is 9.59 Å². The van der Waals surface area contributed by atoms with Gasteiger partial charge in [0.25, 0.3) is 0 Å². The summed E-state index contributed by atoms with van der Waals surface area (Å²) >= 11 is 0. The molecule has 0 aromatic heterocycles. The van der Waals surface area contributed by atoms with Crippen molar-refractivity contribution >= 4 is 17.8 Å².